The van der Waals surface area contributed by atoms with Crippen molar-refractivity contribution >= 4 is 29.4 Å². The molecule has 0 aliphatic rings. The lowest BCUT2D eigenvalue weighted by molar-refractivity contribution is -0.149. The summed E-state index contributed by atoms with van der Waals surface area (Å²) in [7, 11) is 1.63. The summed E-state index contributed by atoms with van der Waals surface area (Å²) in [4.78, 5) is 24.8. The predicted molar refractivity (Wildman–Crippen MR) is 108 cm³/mol. The van der Waals surface area contributed by atoms with Gasteiger partial charge in [0.05, 0.1) is 6.61 Å². The Labute approximate surface area is 169 Å². The number of carbonyl (C=O) groups is 2. The molecule has 1 unspecified atom stereocenters. The van der Waals surface area contributed by atoms with Gasteiger partial charge in [0.1, 0.15) is 0 Å². The molecule has 2 aromatic carbocycles. The van der Waals surface area contributed by atoms with Crippen molar-refractivity contribution in [1.29, 1.82) is 0 Å². The molecule has 2 rings (SSSR count). The lowest BCUT2D eigenvalue weighted by atomic mass is 10.0. The largest absolute Gasteiger partial charge is 0.479 e. The molecule has 28 heavy (non-hydrogen) atoms. The number of carboxylic acid groups (broad SMARTS) is 1. The second-order valence-corrected chi connectivity index (χ2v) is 6.64. The van der Waals surface area contributed by atoms with Crippen LogP contribution in [0.15, 0.2) is 48.5 Å². The maximum absolute atomic E-state index is 12.2. The number of anilines is 1. The first-order chi connectivity index (χ1) is 13.4. The maximum atomic E-state index is 12.2. The van der Waals surface area contributed by atoms with E-state index in [9.17, 15) is 14.7 Å². The fourth-order valence-electron chi connectivity index (χ4n) is 2.67. The topological polar surface area (TPSA) is 76.1 Å². The normalized spacial score (nSPS) is 11.7. The summed E-state index contributed by atoms with van der Waals surface area (Å²) in [5.74, 6) is -0.980. The molecule has 0 saturated heterocycles. The number of hydrogen-bond donors (Lipinski definition) is 1. The molecule has 0 radical (unpaired) electrons. The van der Waals surface area contributed by atoms with Crippen LogP contribution in [0, 0.1) is 0 Å². The van der Waals surface area contributed by atoms with Crippen LogP contribution in [0.3, 0.4) is 0 Å². The molecule has 6 nitrogen and oxygen atoms in total. The van der Waals surface area contributed by atoms with E-state index in [0.717, 1.165) is 11.1 Å². The molecule has 150 valence electrons. The SMILES string of the molecule is CCOC(Cc1cccc(CCOC(=O)N(C)c2ccc(Cl)cc2)c1)C(=O)O. The Hall–Kier alpha value is -2.57. The van der Waals surface area contributed by atoms with Crippen molar-refractivity contribution < 1.29 is 24.2 Å². The molecular weight excluding hydrogens is 382 g/mol. The molecular formula is C21H24ClNO5. The van der Waals surface area contributed by atoms with E-state index in [1.165, 1.54) is 4.90 Å². The van der Waals surface area contributed by atoms with Crippen LogP contribution in [-0.4, -0.2) is 43.5 Å². The number of carboxylic acids is 1. The lowest BCUT2D eigenvalue weighted by Crippen LogP contribution is -2.27. The average molecular weight is 406 g/mol. The van der Waals surface area contributed by atoms with Crippen molar-refractivity contribution in [2.45, 2.75) is 25.9 Å². The number of hydrogen-bond acceptors (Lipinski definition) is 4. The molecule has 0 heterocycles. The first-order valence-corrected chi connectivity index (χ1v) is 9.36. The van der Waals surface area contributed by atoms with Crippen LogP contribution in [0.4, 0.5) is 10.5 Å². The molecule has 0 aliphatic heterocycles. The van der Waals surface area contributed by atoms with E-state index in [1.54, 1.807) is 38.2 Å². The fourth-order valence-corrected chi connectivity index (χ4v) is 2.79. The van der Waals surface area contributed by atoms with Gasteiger partial charge in [0, 0.05) is 37.2 Å². The predicted octanol–water partition coefficient (Wildman–Crippen LogP) is 4.19. The number of ether oxygens (including phenoxy) is 2. The summed E-state index contributed by atoms with van der Waals surface area (Å²) in [6.07, 6.45) is -0.511. The third kappa shape index (κ3) is 6.55. The summed E-state index contributed by atoms with van der Waals surface area (Å²) >= 11 is 5.85. The van der Waals surface area contributed by atoms with E-state index in [1.807, 2.05) is 24.3 Å². The van der Waals surface area contributed by atoms with Gasteiger partial charge < -0.3 is 14.6 Å². The number of halogens is 1. The fraction of sp³-hybridized carbons (Fsp3) is 0.333. The van der Waals surface area contributed by atoms with E-state index in [2.05, 4.69) is 0 Å². The molecule has 0 spiro atoms. The van der Waals surface area contributed by atoms with Gasteiger partial charge in [-0.2, -0.15) is 0 Å². The summed E-state index contributed by atoms with van der Waals surface area (Å²) in [5, 5.41) is 9.80. The van der Waals surface area contributed by atoms with Gasteiger partial charge >= 0.3 is 12.1 Å². The van der Waals surface area contributed by atoms with Gasteiger partial charge in [-0.15, -0.1) is 0 Å². The molecule has 2 aromatic rings. The number of amides is 1. The minimum absolute atomic E-state index is 0.216. The van der Waals surface area contributed by atoms with E-state index < -0.39 is 18.2 Å². The summed E-state index contributed by atoms with van der Waals surface area (Å²) < 4.78 is 10.6. The van der Waals surface area contributed by atoms with Crippen molar-refractivity contribution in [1.82, 2.24) is 0 Å². The van der Waals surface area contributed by atoms with Crippen LogP contribution >= 0.6 is 11.6 Å². The maximum Gasteiger partial charge on any atom is 0.414 e. The third-order valence-electron chi connectivity index (χ3n) is 4.16. The highest BCUT2D eigenvalue weighted by Gasteiger charge is 2.18. The lowest BCUT2D eigenvalue weighted by Gasteiger charge is -2.17. The van der Waals surface area contributed by atoms with Gasteiger partial charge in [-0.3, -0.25) is 4.90 Å². The zero-order valence-corrected chi connectivity index (χ0v) is 16.7. The van der Waals surface area contributed by atoms with Gasteiger partial charge in [0.25, 0.3) is 0 Å². The quantitative estimate of drug-likeness (QED) is 0.677. The monoisotopic (exact) mass is 405 g/mol. The van der Waals surface area contributed by atoms with E-state index in [-0.39, 0.29) is 13.0 Å². The van der Waals surface area contributed by atoms with Crippen LogP contribution in [0.25, 0.3) is 0 Å². The van der Waals surface area contributed by atoms with Crippen molar-refractivity contribution in [3.05, 3.63) is 64.7 Å². The van der Waals surface area contributed by atoms with E-state index in [4.69, 9.17) is 21.1 Å². The van der Waals surface area contributed by atoms with Crippen LogP contribution in [0.1, 0.15) is 18.1 Å². The van der Waals surface area contributed by atoms with Crippen molar-refractivity contribution in [3.8, 4) is 0 Å². The third-order valence-corrected chi connectivity index (χ3v) is 4.41. The molecule has 0 saturated carbocycles. The highest BCUT2D eigenvalue weighted by molar-refractivity contribution is 6.30. The summed E-state index contributed by atoms with van der Waals surface area (Å²) in [6, 6.07) is 14.4. The Morgan fingerprint density at radius 3 is 2.46 bits per heavy atom. The average Bonchev–Trinajstić information content (AvgIpc) is 2.68. The number of carbonyl (C=O) groups excluding carboxylic acids is 1. The number of nitrogens with zero attached hydrogens (tertiary/aromatic N) is 1. The van der Waals surface area contributed by atoms with Gasteiger partial charge in [-0.1, -0.05) is 35.9 Å². The van der Waals surface area contributed by atoms with Gasteiger partial charge in [-0.25, -0.2) is 9.59 Å². The number of aliphatic carboxylic acids is 1. The first kappa shape index (κ1) is 21.7. The van der Waals surface area contributed by atoms with Crippen LogP contribution in [0.2, 0.25) is 5.02 Å². The second kappa shape index (κ2) is 10.7. The Morgan fingerprint density at radius 1 is 1.14 bits per heavy atom. The highest BCUT2D eigenvalue weighted by Crippen LogP contribution is 2.17. The van der Waals surface area contributed by atoms with Crippen LogP contribution in [-0.2, 0) is 27.1 Å². The van der Waals surface area contributed by atoms with Crippen LogP contribution in [0.5, 0.6) is 0 Å². The van der Waals surface area contributed by atoms with Gasteiger partial charge in [-0.05, 0) is 42.3 Å². The Balaban J connectivity index is 1.88. The van der Waals surface area contributed by atoms with Crippen molar-refractivity contribution in [2.24, 2.45) is 0 Å². The molecule has 1 atom stereocenters. The smallest absolute Gasteiger partial charge is 0.414 e. The molecule has 1 N–H and O–H groups in total. The minimum Gasteiger partial charge on any atom is -0.479 e. The van der Waals surface area contributed by atoms with Crippen molar-refractivity contribution in [2.75, 3.05) is 25.2 Å². The molecule has 0 aliphatic carbocycles. The zero-order valence-electron chi connectivity index (χ0n) is 15.9. The van der Waals surface area contributed by atoms with E-state index >= 15 is 0 Å². The number of rotatable bonds is 9. The molecule has 0 aromatic heterocycles. The molecule has 0 bridgehead atoms. The summed E-state index contributed by atoms with van der Waals surface area (Å²) in [5.41, 5.74) is 2.51. The Bertz CT molecular complexity index is 794. The summed E-state index contributed by atoms with van der Waals surface area (Å²) in [6.45, 7) is 2.32. The van der Waals surface area contributed by atoms with E-state index in [0.29, 0.717) is 23.7 Å². The van der Waals surface area contributed by atoms with Crippen LogP contribution < -0.4 is 4.90 Å². The minimum atomic E-state index is -0.980. The standard InChI is InChI=1S/C21H24ClNO5/c1-3-27-19(20(24)25)14-16-6-4-5-15(13-16)11-12-28-21(26)23(2)18-9-7-17(22)8-10-18/h4-10,13,19H,3,11-12,14H2,1-2H3,(H,24,25). The Kier molecular flexibility index (Phi) is 8.29. The Morgan fingerprint density at radius 2 is 1.82 bits per heavy atom. The number of benzene rings is 2. The van der Waals surface area contributed by atoms with Gasteiger partial charge in [0.15, 0.2) is 6.10 Å². The highest BCUT2D eigenvalue weighted by atomic mass is 35.5. The second-order valence-electron chi connectivity index (χ2n) is 6.21. The van der Waals surface area contributed by atoms with Gasteiger partial charge in [0.2, 0.25) is 0 Å². The zero-order chi connectivity index (χ0) is 20.5. The molecule has 1 amide bonds. The first-order valence-electron chi connectivity index (χ1n) is 8.99. The van der Waals surface area contributed by atoms with Crippen molar-refractivity contribution in [3.63, 3.8) is 0 Å². The molecule has 7 heteroatoms. The molecule has 0 fully saturated rings.